The Morgan fingerprint density at radius 3 is 2.40 bits per heavy atom. The molecule has 0 spiro atoms. The van der Waals surface area contributed by atoms with Gasteiger partial charge in [0.15, 0.2) is 21.5 Å². The number of aromatic nitrogens is 5. The topological polar surface area (TPSA) is 118 Å². The summed E-state index contributed by atoms with van der Waals surface area (Å²) in [4.78, 5) is 8.64. The maximum Gasteiger partial charge on any atom is 0.167 e. The second kappa shape index (κ2) is 10.3. The summed E-state index contributed by atoms with van der Waals surface area (Å²) < 4.78 is 46.0. The largest absolute Gasteiger partial charge is 0.494 e. The third-order valence-corrected chi connectivity index (χ3v) is 8.67. The fourth-order valence-electron chi connectivity index (χ4n) is 4.21. The molecule has 35 heavy (non-hydrogen) atoms. The van der Waals surface area contributed by atoms with Gasteiger partial charge in [0.25, 0.3) is 0 Å². The van der Waals surface area contributed by atoms with Gasteiger partial charge in [-0.1, -0.05) is 13.0 Å². The molecule has 1 fully saturated rings. The average molecular weight is 502 g/mol. The molecule has 1 aromatic carbocycles. The molecule has 1 aliphatic heterocycles. The van der Waals surface area contributed by atoms with Crippen LogP contribution in [0.15, 0.2) is 30.6 Å². The first-order valence-corrected chi connectivity index (χ1v) is 13.3. The van der Waals surface area contributed by atoms with Crippen LogP contribution < -0.4 is 9.47 Å². The molecule has 3 heterocycles. The van der Waals surface area contributed by atoms with Gasteiger partial charge < -0.3 is 14.2 Å². The molecule has 0 radical (unpaired) electrons. The highest BCUT2D eigenvalue weighted by Gasteiger charge is 2.34. The van der Waals surface area contributed by atoms with Crippen molar-refractivity contribution in [3.05, 3.63) is 53.6 Å². The zero-order chi connectivity index (χ0) is 25.2. The summed E-state index contributed by atoms with van der Waals surface area (Å²) in [6, 6.07) is 5.38. The van der Waals surface area contributed by atoms with Gasteiger partial charge in [-0.25, -0.2) is 8.42 Å². The van der Waals surface area contributed by atoms with E-state index in [1.54, 1.807) is 56.3 Å². The Bertz CT molecular complexity index is 1250. The molecule has 0 unspecified atom stereocenters. The third-order valence-electron chi connectivity index (χ3n) is 6.47. The van der Waals surface area contributed by atoms with Crippen molar-refractivity contribution < 1.29 is 22.6 Å². The van der Waals surface area contributed by atoms with E-state index in [2.05, 4.69) is 20.2 Å². The third kappa shape index (κ3) is 5.01. The number of benzene rings is 1. The molecule has 0 bridgehead atoms. The first-order valence-electron chi connectivity index (χ1n) is 11.5. The molecule has 4 rings (SSSR count). The van der Waals surface area contributed by atoms with Crippen molar-refractivity contribution in [2.24, 2.45) is 0 Å². The molecule has 10 nitrogen and oxygen atoms in total. The van der Waals surface area contributed by atoms with Gasteiger partial charge in [-0.3, -0.25) is 14.5 Å². The van der Waals surface area contributed by atoms with E-state index < -0.39 is 15.1 Å². The predicted molar refractivity (Wildman–Crippen MR) is 130 cm³/mol. The van der Waals surface area contributed by atoms with Gasteiger partial charge in [0.05, 0.1) is 30.9 Å². The molecule has 1 aliphatic rings. The molecule has 11 heteroatoms. The lowest BCUT2D eigenvalue weighted by atomic mass is 10.1. The Balaban J connectivity index is 1.76. The molecule has 0 aliphatic carbocycles. The fraction of sp³-hybridized carbons (Fsp3) is 0.500. The van der Waals surface area contributed by atoms with Crippen LogP contribution in [0.2, 0.25) is 0 Å². The van der Waals surface area contributed by atoms with E-state index in [4.69, 9.17) is 14.2 Å². The SMILES string of the molecule is COc1cccc(OC)c1-n1c(CS(=O)(=O)[C@@H](C)[C@H](C)c2cnc(C)cn2)nnc1[C@H]1CCCO1. The highest BCUT2D eigenvalue weighted by Crippen LogP contribution is 2.38. The number of sulfone groups is 1. The Kier molecular flexibility index (Phi) is 7.36. The van der Waals surface area contributed by atoms with Crippen molar-refractivity contribution in [2.75, 3.05) is 20.8 Å². The molecule has 2 aromatic heterocycles. The molecule has 1 saturated heterocycles. The normalized spacial score (nSPS) is 17.8. The van der Waals surface area contributed by atoms with Crippen molar-refractivity contribution >= 4 is 9.84 Å². The Morgan fingerprint density at radius 1 is 1.11 bits per heavy atom. The summed E-state index contributed by atoms with van der Waals surface area (Å²) >= 11 is 0. The molecular weight excluding hydrogens is 470 g/mol. The van der Waals surface area contributed by atoms with Crippen molar-refractivity contribution in [1.29, 1.82) is 0 Å². The lowest BCUT2D eigenvalue weighted by molar-refractivity contribution is 0.103. The fourth-order valence-corrected chi connectivity index (χ4v) is 5.78. The average Bonchev–Trinajstić information content (AvgIpc) is 3.52. The maximum absolute atomic E-state index is 13.6. The lowest BCUT2D eigenvalue weighted by Gasteiger charge is -2.21. The van der Waals surface area contributed by atoms with Crippen molar-refractivity contribution in [3.63, 3.8) is 0 Å². The van der Waals surface area contributed by atoms with Crippen molar-refractivity contribution in [1.82, 2.24) is 24.7 Å². The van der Waals surface area contributed by atoms with E-state index >= 15 is 0 Å². The number of nitrogens with zero attached hydrogens (tertiary/aromatic N) is 5. The molecule has 0 saturated carbocycles. The zero-order valence-electron chi connectivity index (χ0n) is 20.6. The number of aryl methyl sites for hydroxylation is 1. The van der Waals surface area contributed by atoms with Crippen LogP contribution >= 0.6 is 0 Å². The number of para-hydroxylation sites is 1. The van der Waals surface area contributed by atoms with Crippen LogP contribution in [0.3, 0.4) is 0 Å². The number of rotatable bonds is 9. The molecule has 0 amide bonds. The Morgan fingerprint density at radius 2 is 1.83 bits per heavy atom. The van der Waals surface area contributed by atoms with E-state index in [0.29, 0.717) is 35.3 Å². The van der Waals surface area contributed by atoms with Crippen LogP contribution in [0.5, 0.6) is 11.5 Å². The maximum atomic E-state index is 13.6. The highest BCUT2D eigenvalue weighted by atomic mass is 32.2. The van der Waals surface area contributed by atoms with E-state index in [0.717, 1.165) is 18.5 Å². The number of ether oxygens (including phenoxy) is 3. The highest BCUT2D eigenvalue weighted by molar-refractivity contribution is 7.91. The molecule has 188 valence electrons. The summed E-state index contributed by atoms with van der Waals surface area (Å²) in [6.45, 7) is 5.98. The first-order chi connectivity index (χ1) is 16.8. The van der Waals surface area contributed by atoms with Crippen LogP contribution in [-0.2, 0) is 20.3 Å². The van der Waals surface area contributed by atoms with Gasteiger partial charge in [0.2, 0.25) is 0 Å². The Labute approximate surface area is 205 Å². The molecule has 3 atom stereocenters. The zero-order valence-corrected chi connectivity index (χ0v) is 21.4. The minimum Gasteiger partial charge on any atom is -0.494 e. The van der Waals surface area contributed by atoms with Crippen LogP contribution in [0, 0.1) is 6.92 Å². The van der Waals surface area contributed by atoms with Crippen molar-refractivity contribution in [3.8, 4) is 17.2 Å². The standard InChI is InChI=1S/C24H31N5O5S/c1-15-12-26-18(13-25-15)16(2)17(3)35(30,31)14-22-27-28-24(21-10-7-11-34-21)29(22)23-19(32-4)8-6-9-20(23)33-5/h6,8-9,12-13,16-17,21H,7,10-11,14H2,1-5H3/t16-,17-,21+/m0/s1. The molecule has 3 aromatic rings. The van der Waals surface area contributed by atoms with Crippen LogP contribution in [0.4, 0.5) is 0 Å². The first kappa shape index (κ1) is 25.1. The summed E-state index contributed by atoms with van der Waals surface area (Å²) in [5.41, 5.74) is 1.94. The van der Waals surface area contributed by atoms with Gasteiger partial charge in [-0.2, -0.15) is 0 Å². The van der Waals surface area contributed by atoms with E-state index in [9.17, 15) is 8.42 Å². The van der Waals surface area contributed by atoms with Gasteiger partial charge >= 0.3 is 0 Å². The monoisotopic (exact) mass is 501 g/mol. The summed E-state index contributed by atoms with van der Waals surface area (Å²) in [6.07, 6.45) is 4.63. The van der Waals surface area contributed by atoms with E-state index in [-0.39, 0.29) is 23.6 Å². The molecule has 0 N–H and O–H groups in total. The summed E-state index contributed by atoms with van der Waals surface area (Å²) in [7, 11) is -0.559. The van der Waals surface area contributed by atoms with Crippen LogP contribution in [0.25, 0.3) is 5.69 Å². The summed E-state index contributed by atoms with van der Waals surface area (Å²) in [5, 5.41) is 7.96. The second-order valence-electron chi connectivity index (χ2n) is 8.71. The van der Waals surface area contributed by atoms with Gasteiger partial charge in [0, 0.05) is 24.9 Å². The minimum atomic E-state index is -3.66. The van der Waals surface area contributed by atoms with Gasteiger partial charge in [-0.05, 0) is 38.8 Å². The number of hydrogen-bond donors (Lipinski definition) is 0. The van der Waals surface area contributed by atoms with Crippen LogP contribution in [0.1, 0.15) is 61.7 Å². The van der Waals surface area contributed by atoms with Gasteiger partial charge in [0.1, 0.15) is 29.0 Å². The lowest BCUT2D eigenvalue weighted by Crippen LogP contribution is -2.27. The van der Waals surface area contributed by atoms with Crippen molar-refractivity contribution in [2.45, 2.75) is 56.6 Å². The van der Waals surface area contributed by atoms with Crippen LogP contribution in [-0.4, -0.2) is 59.2 Å². The second-order valence-corrected chi connectivity index (χ2v) is 11.1. The number of hydrogen-bond acceptors (Lipinski definition) is 9. The number of methoxy groups -OCH3 is 2. The smallest absolute Gasteiger partial charge is 0.167 e. The Hall–Kier alpha value is -3.05. The predicted octanol–water partition coefficient (Wildman–Crippen LogP) is 3.34. The minimum absolute atomic E-state index is 0.271. The molecular formula is C24H31N5O5S. The summed E-state index contributed by atoms with van der Waals surface area (Å²) in [5.74, 6) is 1.14. The van der Waals surface area contributed by atoms with E-state index in [1.807, 2.05) is 13.8 Å². The van der Waals surface area contributed by atoms with E-state index in [1.165, 1.54) is 0 Å². The quantitative estimate of drug-likeness (QED) is 0.435. The van der Waals surface area contributed by atoms with Gasteiger partial charge in [-0.15, -0.1) is 10.2 Å².